The molecular weight excluding hydrogens is 490 g/mol. The molecule has 38 heavy (non-hydrogen) atoms. The van der Waals surface area contributed by atoms with Crippen molar-refractivity contribution in [3.63, 3.8) is 0 Å². The first-order chi connectivity index (χ1) is 18.0. The van der Waals surface area contributed by atoms with E-state index in [9.17, 15) is 19.2 Å². The number of alkyl carbamates (subject to hydrolysis) is 1. The minimum atomic E-state index is -1.15. The second-order valence-electron chi connectivity index (χ2n) is 9.70. The number of hydrogen-bond donors (Lipinski definition) is 2. The summed E-state index contributed by atoms with van der Waals surface area (Å²) in [5, 5.41) is 3.19. The molecule has 0 saturated carbocycles. The number of hydrogen-bond acceptors (Lipinski definition) is 7. The van der Waals surface area contributed by atoms with Crippen molar-refractivity contribution in [2.24, 2.45) is 0 Å². The van der Waals surface area contributed by atoms with Crippen LogP contribution in [0, 0.1) is 0 Å². The van der Waals surface area contributed by atoms with Gasteiger partial charge in [-0.25, -0.2) is 20.0 Å². The smallest absolute Gasteiger partial charge is 0.426 e. The molecule has 0 spiro atoms. The van der Waals surface area contributed by atoms with Crippen molar-refractivity contribution in [3.05, 3.63) is 72.3 Å². The Bertz CT molecular complexity index is 1160. The lowest BCUT2D eigenvalue weighted by molar-refractivity contribution is -0.150. The van der Waals surface area contributed by atoms with Crippen molar-refractivity contribution < 1.29 is 33.4 Å². The van der Waals surface area contributed by atoms with E-state index >= 15 is 0 Å². The summed E-state index contributed by atoms with van der Waals surface area (Å²) >= 11 is 0. The van der Waals surface area contributed by atoms with Crippen LogP contribution in [0.5, 0.6) is 0 Å². The molecular formula is C28H33N3O7. The molecule has 3 amide bonds. The molecule has 0 unspecified atom stereocenters. The molecule has 0 fully saturated rings. The molecule has 1 aliphatic carbocycles. The van der Waals surface area contributed by atoms with Crippen LogP contribution < -0.4 is 10.7 Å². The minimum Gasteiger partial charge on any atom is -0.460 e. The molecule has 0 heterocycles. The number of hydrazine groups is 1. The summed E-state index contributed by atoms with van der Waals surface area (Å²) in [6.45, 7) is 9.20. The third-order valence-corrected chi connectivity index (χ3v) is 5.59. The van der Waals surface area contributed by atoms with Gasteiger partial charge in [-0.3, -0.25) is 9.59 Å². The molecule has 0 radical (unpaired) electrons. The van der Waals surface area contributed by atoms with Crippen molar-refractivity contribution in [2.45, 2.75) is 45.3 Å². The molecule has 3 rings (SSSR count). The number of carbonyl (C=O) groups excluding carboxylic acids is 4. The average molecular weight is 524 g/mol. The molecule has 10 heteroatoms. The zero-order chi connectivity index (χ0) is 27.9. The van der Waals surface area contributed by atoms with Gasteiger partial charge in [-0.15, -0.1) is 0 Å². The second kappa shape index (κ2) is 12.3. The topological polar surface area (TPSA) is 123 Å². The summed E-state index contributed by atoms with van der Waals surface area (Å²) in [7, 11) is 0. The molecule has 2 aromatic carbocycles. The molecule has 2 N–H and O–H groups in total. The zero-order valence-electron chi connectivity index (χ0n) is 22.0. The first kappa shape index (κ1) is 28.2. The maximum absolute atomic E-state index is 13.0. The third kappa shape index (κ3) is 7.34. The molecule has 0 aromatic heterocycles. The van der Waals surface area contributed by atoms with Gasteiger partial charge in [-0.1, -0.05) is 61.2 Å². The van der Waals surface area contributed by atoms with Crippen LogP contribution in [0.15, 0.2) is 61.2 Å². The maximum Gasteiger partial charge on any atom is 0.426 e. The molecule has 10 nitrogen and oxygen atoms in total. The fourth-order valence-corrected chi connectivity index (χ4v) is 4.02. The Morgan fingerprint density at radius 2 is 1.55 bits per heavy atom. The van der Waals surface area contributed by atoms with Crippen LogP contribution in [0.2, 0.25) is 0 Å². The summed E-state index contributed by atoms with van der Waals surface area (Å²) in [4.78, 5) is 50.0. The van der Waals surface area contributed by atoms with Gasteiger partial charge in [0.2, 0.25) is 0 Å². The highest BCUT2D eigenvalue weighted by Gasteiger charge is 2.31. The highest BCUT2D eigenvalue weighted by atomic mass is 16.6. The van der Waals surface area contributed by atoms with E-state index < -0.39 is 42.3 Å². The van der Waals surface area contributed by atoms with Crippen LogP contribution in [0.4, 0.5) is 9.59 Å². The number of nitrogens with one attached hydrogen (secondary N) is 2. The number of amides is 3. The van der Waals surface area contributed by atoms with Crippen LogP contribution in [0.3, 0.4) is 0 Å². The summed E-state index contributed by atoms with van der Waals surface area (Å²) in [5.74, 6) is -1.72. The SMILES string of the molecule is C=CCOC(=O)CN(NC(=O)OC(C)(C)C)C(=O)[C@H](C)NC(=O)OCC1c2ccccc2-c2ccccc21. The van der Waals surface area contributed by atoms with Gasteiger partial charge in [0.25, 0.3) is 5.91 Å². The highest BCUT2D eigenvalue weighted by Crippen LogP contribution is 2.44. The lowest BCUT2D eigenvalue weighted by atomic mass is 9.98. The van der Waals surface area contributed by atoms with Gasteiger partial charge in [0, 0.05) is 5.92 Å². The van der Waals surface area contributed by atoms with Crippen LogP contribution >= 0.6 is 0 Å². The summed E-state index contributed by atoms with van der Waals surface area (Å²) in [5.41, 5.74) is 5.68. The molecule has 202 valence electrons. The van der Waals surface area contributed by atoms with Crippen molar-refractivity contribution in [3.8, 4) is 11.1 Å². The number of esters is 1. The lowest BCUT2D eigenvalue weighted by Crippen LogP contribution is -2.56. The van der Waals surface area contributed by atoms with Gasteiger partial charge in [0.1, 0.15) is 31.4 Å². The summed E-state index contributed by atoms with van der Waals surface area (Å²) in [6.07, 6.45) is -0.401. The van der Waals surface area contributed by atoms with Gasteiger partial charge >= 0.3 is 18.2 Å². The van der Waals surface area contributed by atoms with Crippen molar-refractivity contribution in [2.75, 3.05) is 19.8 Å². The van der Waals surface area contributed by atoms with E-state index in [0.29, 0.717) is 0 Å². The van der Waals surface area contributed by atoms with E-state index in [2.05, 4.69) is 17.3 Å². The van der Waals surface area contributed by atoms with Gasteiger partial charge in [0.15, 0.2) is 0 Å². The fourth-order valence-electron chi connectivity index (χ4n) is 4.02. The normalized spacial score (nSPS) is 12.8. The number of ether oxygens (including phenoxy) is 3. The predicted octanol–water partition coefficient (Wildman–Crippen LogP) is 3.91. The monoisotopic (exact) mass is 523 g/mol. The number of carbonyl (C=O) groups is 4. The molecule has 2 aromatic rings. The van der Waals surface area contributed by atoms with Gasteiger partial charge in [-0.05, 0) is 49.9 Å². The highest BCUT2D eigenvalue weighted by molar-refractivity contribution is 5.89. The Balaban J connectivity index is 1.63. The summed E-state index contributed by atoms with van der Waals surface area (Å²) in [6, 6.07) is 14.7. The first-order valence-electron chi connectivity index (χ1n) is 12.2. The van der Waals surface area contributed by atoms with E-state index in [-0.39, 0.29) is 19.1 Å². The van der Waals surface area contributed by atoms with Crippen LogP contribution in [0.25, 0.3) is 11.1 Å². The third-order valence-electron chi connectivity index (χ3n) is 5.59. The Hall–Kier alpha value is -4.34. The van der Waals surface area contributed by atoms with Gasteiger partial charge in [0.05, 0.1) is 0 Å². The fraction of sp³-hybridized carbons (Fsp3) is 0.357. The van der Waals surface area contributed by atoms with Gasteiger partial charge in [-0.2, -0.15) is 0 Å². The van der Waals surface area contributed by atoms with Crippen molar-refractivity contribution in [1.82, 2.24) is 15.8 Å². The zero-order valence-corrected chi connectivity index (χ0v) is 22.0. The molecule has 0 saturated heterocycles. The number of fused-ring (bicyclic) bond motifs is 3. The average Bonchev–Trinajstić information content (AvgIpc) is 3.18. The van der Waals surface area contributed by atoms with E-state index in [4.69, 9.17) is 14.2 Å². The number of rotatable bonds is 8. The predicted molar refractivity (Wildman–Crippen MR) is 140 cm³/mol. The first-order valence-corrected chi connectivity index (χ1v) is 12.2. The largest absolute Gasteiger partial charge is 0.460 e. The van der Waals surface area contributed by atoms with E-state index in [0.717, 1.165) is 27.3 Å². The molecule has 1 aliphatic rings. The Morgan fingerprint density at radius 3 is 2.11 bits per heavy atom. The van der Waals surface area contributed by atoms with E-state index in [1.54, 1.807) is 20.8 Å². The van der Waals surface area contributed by atoms with Crippen LogP contribution in [-0.4, -0.2) is 60.5 Å². The maximum atomic E-state index is 13.0. The Kier molecular flexibility index (Phi) is 9.11. The molecule has 0 bridgehead atoms. The number of nitrogens with zero attached hydrogens (tertiary/aromatic N) is 1. The Labute approximate surface area is 221 Å². The molecule has 0 aliphatic heterocycles. The number of benzene rings is 2. The quantitative estimate of drug-likeness (QED) is 0.233. The standard InChI is InChI=1S/C28H33N3O7/c1-6-15-36-24(32)16-31(30-27(35)38-28(3,4)5)25(33)18(2)29-26(34)37-17-23-21-13-9-7-11-19(21)20-12-8-10-14-22(20)23/h6-14,18,23H,1,15-17H2,2-5H3,(H,29,34)(H,30,35)/t18-/m0/s1. The van der Waals surface area contributed by atoms with Crippen LogP contribution in [0.1, 0.15) is 44.7 Å². The van der Waals surface area contributed by atoms with Crippen molar-refractivity contribution >= 4 is 24.1 Å². The van der Waals surface area contributed by atoms with Gasteiger partial charge < -0.3 is 19.5 Å². The molecule has 1 atom stereocenters. The van der Waals surface area contributed by atoms with Crippen LogP contribution in [-0.2, 0) is 23.8 Å². The second-order valence-corrected chi connectivity index (χ2v) is 9.70. The van der Waals surface area contributed by atoms with E-state index in [1.807, 2.05) is 48.5 Å². The van der Waals surface area contributed by atoms with Crippen molar-refractivity contribution in [1.29, 1.82) is 0 Å². The van der Waals surface area contributed by atoms with E-state index in [1.165, 1.54) is 13.0 Å². The Morgan fingerprint density at radius 1 is 0.974 bits per heavy atom. The lowest BCUT2D eigenvalue weighted by Gasteiger charge is -2.27. The minimum absolute atomic E-state index is 0.0640. The summed E-state index contributed by atoms with van der Waals surface area (Å²) < 4.78 is 15.6.